The molecule has 0 spiro atoms. The largest absolute Gasteiger partial charge is 0.507 e. The summed E-state index contributed by atoms with van der Waals surface area (Å²) < 4.78 is 43.9. The van der Waals surface area contributed by atoms with Crippen LogP contribution in [0.3, 0.4) is 0 Å². The summed E-state index contributed by atoms with van der Waals surface area (Å²) in [6.45, 7) is 12.0. The number of benzene rings is 1. The lowest BCUT2D eigenvalue weighted by Gasteiger charge is -2.32. The topological polar surface area (TPSA) is 131 Å². The standard InChI is InChI=1S/C30H41N2O8PS/c1-7-10-11-12-22-18-40-41(36,31-27(22)30(35)38-9-3)16-15-32(42(6)37)17-20(4)13-14-24-23(8-2)21(5)25-19-39-29(34)26(25)28(24)33/h7,10-13,27,33H,1,8-9,14-19H2,2-6H3,(H,31,36)/b11-10-,20-13+,22-12+/t27-,41?,42?/m0/s1. The van der Waals surface area contributed by atoms with Crippen LogP contribution in [0.1, 0.15) is 53.4 Å². The summed E-state index contributed by atoms with van der Waals surface area (Å²) in [5.74, 6) is -1.10. The second-order valence-electron chi connectivity index (χ2n) is 10.1. The molecule has 1 fully saturated rings. The zero-order chi connectivity index (χ0) is 31.0. The quantitative estimate of drug-likeness (QED) is 0.142. The van der Waals surface area contributed by atoms with Gasteiger partial charge in [0.2, 0.25) is 0 Å². The van der Waals surface area contributed by atoms with E-state index < -0.39 is 36.5 Å². The van der Waals surface area contributed by atoms with E-state index in [4.69, 9.17) is 14.0 Å². The molecule has 1 aromatic rings. The first-order chi connectivity index (χ1) is 20.0. The van der Waals surface area contributed by atoms with E-state index in [0.29, 0.717) is 30.5 Å². The molecule has 3 atom stereocenters. The van der Waals surface area contributed by atoms with Gasteiger partial charge in [-0.1, -0.05) is 49.5 Å². The maximum absolute atomic E-state index is 13.6. The van der Waals surface area contributed by atoms with Gasteiger partial charge in [0.1, 0.15) is 24.0 Å². The molecule has 1 aromatic carbocycles. The highest BCUT2D eigenvalue weighted by Gasteiger charge is 2.39. The fraction of sp³-hybridized carbons (Fsp3) is 0.467. The SMILES string of the molecule is C=C/C=C\C=C1/COP(=O)(CCN(C/C(C)=C/Cc2c(O)c3c(c(C)c2CC)COC3=O)S(C)=O)N[C@@H]1C(=O)OCC. The number of phenolic OH excluding ortho intramolecular Hbond substituents is 1. The van der Waals surface area contributed by atoms with E-state index in [-0.39, 0.29) is 43.8 Å². The van der Waals surface area contributed by atoms with Crippen molar-refractivity contribution in [2.75, 3.05) is 38.7 Å². The average molecular weight is 621 g/mol. The number of hydrogen-bond donors (Lipinski definition) is 2. The fourth-order valence-electron chi connectivity index (χ4n) is 5.04. The summed E-state index contributed by atoms with van der Waals surface area (Å²) in [7, 11) is -4.86. The number of hydrogen-bond acceptors (Lipinski definition) is 8. The lowest BCUT2D eigenvalue weighted by Crippen LogP contribution is -2.44. The van der Waals surface area contributed by atoms with Crippen LogP contribution in [0.15, 0.2) is 48.1 Å². The van der Waals surface area contributed by atoms with Gasteiger partial charge < -0.3 is 19.1 Å². The van der Waals surface area contributed by atoms with Crippen LogP contribution in [0, 0.1) is 6.92 Å². The van der Waals surface area contributed by atoms with Gasteiger partial charge >= 0.3 is 11.9 Å². The number of phenols is 1. The van der Waals surface area contributed by atoms with Gasteiger partial charge in [0.15, 0.2) is 0 Å². The Labute approximate surface area is 250 Å². The molecule has 2 aliphatic heterocycles. The maximum Gasteiger partial charge on any atom is 0.342 e. The second kappa shape index (κ2) is 15.1. The van der Waals surface area contributed by atoms with Crippen molar-refractivity contribution in [3.8, 4) is 5.75 Å². The van der Waals surface area contributed by atoms with E-state index in [9.17, 15) is 23.5 Å². The van der Waals surface area contributed by atoms with E-state index in [0.717, 1.165) is 22.3 Å². The van der Waals surface area contributed by atoms with Crippen molar-refractivity contribution < 1.29 is 37.5 Å². The predicted molar refractivity (Wildman–Crippen MR) is 164 cm³/mol. The monoisotopic (exact) mass is 620 g/mol. The molecule has 12 heteroatoms. The number of carbonyl (C=O) groups is 2. The minimum Gasteiger partial charge on any atom is -0.507 e. The molecule has 0 saturated carbocycles. The lowest BCUT2D eigenvalue weighted by atomic mass is 9.89. The van der Waals surface area contributed by atoms with Crippen LogP contribution < -0.4 is 5.09 Å². The van der Waals surface area contributed by atoms with Gasteiger partial charge in [-0.2, -0.15) is 0 Å². The van der Waals surface area contributed by atoms with Crippen molar-refractivity contribution in [3.63, 3.8) is 0 Å². The van der Waals surface area contributed by atoms with Gasteiger partial charge in [-0.15, -0.1) is 0 Å². The summed E-state index contributed by atoms with van der Waals surface area (Å²) in [5, 5.41) is 13.8. The predicted octanol–water partition coefficient (Wildman–Crippen LogP) is 4.43. The molecule has 230 valence electrons. The Morgan fingerprint density at radius 3 is 2.67 bits per heavy atom. The van der Waals surface area contributed by atoms with Gasteiger partial charge in [0.25, 0.3) is 7.52 Å². The molecule has 1 saturated heterocycles. The molecular weight excluding hydrogens is 579 g/mol. The van der Waals surface area contributed by atoms with Crippen LogP contribution in [-0.4, -0.2) is 70.3 Å². The molecule has 0 aliphatic carbocycles. The van der Waals surface area contributed by atoms with Gasteiger partial charge in [0, 0.05) is 30.5 Å². The molecule has 10 nitrogen and oxygen atoms in total. The number of esters is 2. The molecule has 2 aliphatic rings. The number of aromatic hydroxyl groups is 1. The Hall–Kier alpha value is -2.82. The second-order valence-corrected chi connectivity index (χ2v) is 13.8. The first-order valence-corrected chi connectivity index (χ1v) is 17.2. The number of rotatable bonds is 13. The normalized spacial score (nSPS) is 22.4. The van der Waals surface area contributed by atoms with Gasteiger partial charge in [0.05, 0.1) is 30.4 Å². The lowest BCUT2D eigenvalue weighted by molar-refractivity contribution is -0.144. The van der Waals surface area contributed by atoms with Crippen molar-refractivity contribution in [2.45, 2.75) is 53.2 Å². The molecule has 2 N–H and O–H groups in total. The van der Waals surface area contributed by atoms with Crippen molar-refractivity contribution in [1.82, 2.24) is 9.39 Å². The van der Waals surface area contributed by atoms with Crippen LogP contribution in [0.2, 0.25) is 0 Å². The molecule has 0 amide bonds. The van der Waals surface area contributed by atoms with Crippen LogP contribution in [0.5, 0.6) is 5.75 Å². The molecule has 42 heavy (non-hydrogen) atoms. The van der Waals surface area contributed by atoms with E-state index in [1.165, 1.54) is 0 Å². The number of fused-ring (bicyclic) bond motifs is 1. The Bertz CT molecular complexity index is 1380. The van der Waals surface area contributed by atoms with E-state index in [1.54, 1.807) is 41.8 Å². The van der Waals surface area contributed by atoms with Crippen LogP contribution in [-0.2, 0) is 53.8 Å². The molecule has 2 heterocycles. The highest BCUT2D eigenvalue weighted by molar-refractivity contribution is 7.81. The van der Waals surface area contributed by atoms with Gasteiger partial charge in [-0.05, 0) is 50.3 Å². The molecule has 0 bridgehead atoms. The number of nitrogens with zero attached hydrogens (tertiary/aromatic N) is 1. The zero-order valence-electron chi connectivity index (χ0n) is 24.9. The van der Waals surface area contributed by atoms with Crippen LogP contribution in [0.25, 0.3) is 0 Å². The van der Waals surface area contributed by atoms with Crippen LogP contribution in [0.4, 0.5) is 0 Å². The van der Waals surface area contributed by atoms with Crippen molar-refractivity contribution >= 4 is 30.4 Å². The third-order valence-electron chi connectivity index (χ3n) is 7.30. The third kappa shape index (κ3) is 7.96. The van der Waals surface area contributed by atoms with Crippen molar-refractivity contribution in [1.29, 1.82) is 0 Å². The Balaban J connectivity index is 1.73. The molecule has 0 radical (unpaired) electrons. The maximum atomic E-state index is 13.6. The average Bonchev–Trinajstić information content (AvgIpc) is 3.35. The molecule has 0 aromatic heterocycles. The zero-order valence-corrected chi connectivity index (χ0v) is 26.6. The summed E-state index contributed by atoms with van der Waals surface area (Å²) in [4.78, 5) is 24.9. The number of nitrogens with one attached hydrogen (secondary N) is 1. The number of carbonyl (C=O) groups excluding carboxylic acids is 2. The van der Waals surface area contributed by atoms with Gasteiger partial charge in [-0.3, -0.25) is 4.57 Å². The first-order valence-electron chi connectivity index (χ1n) is 13.9. The molecule has 2 unspecified atom stereocenters. The Morgan fingerprint density at radius 2 is 2.02 bits per heavy atom. The number of cyclic esters (lactones) is 1. The fourth-order valence-corrected chi connectivity index (χ4v) is 7.77. The smallest absolute Gasteiger partial charge is 0.342 e. The number of ether oxygens (including phenoxy) is 2. The van der Waals surface area contributed by atoms with Gasteiger partial charge in [-0.25, -0.2) is 23.2 Å². The van der Waals surface area contributed by atoms with E-state index in [1.807, 2.05) is 26.8 Å². The highest BCUT2D eigenvalue weighted by atomic mass is 32.2. The van der Waals surface area contributed by atoms with E-state index in [2.05, 4.69) is 11.7 Å². The highest BCUT2D eigenvalue weighted by Crippen LogP contribution is 2.47. The van der Waals surface area contributed by atoms with E-state index >= 15 is 0 Å². The number of allylic oxidation sites excluding steroid dienone is 5. The van der Waals surface area contributed by atoms with Crippen LogP contribution >= 0.6 is 7.52 Å². The Morgan fingerprint density at radius 1 is 1.29 bits per heavy atom. The molecule has 3 rings (SSSR count). The van der Waals surface area contributed by atoms with Crippen molar-refractivity contribution in [3.05, 3.63) is 75.9 Å². The minimum atomic E-state index is -3.47. The third-order valence-corrected chi connectivity index (χ3v) is 10.3. The minimum absolute atomic E-state index is 0.0135. The summed E-state index contributed by atoms with van der Waals surface area (Å²) in [5.41, 5.74) is 5.05. The summed E-state index contributed by atoms with van der Waals surface area (Å²) in [6.07, 6.45) is 11.3. The Kier molecular flexibility index (Phi) is 12.1. The first kappa shape index (κ1) is 33.7. The summed E-state index contributed by atoms with van der Waals surface area (Å²) in [6, 6.07) is -0.922. The van der Waals surface area contributed by atoms with Crippen molar-refractivity contribution in [2.24, 2.45) is 0 Å². The summed E-state index contributed by atoms with van der Waals surface area (Å²) >= 11 is 0. The molecular formula is C30H41N2O8PS.